The Labute approximate surface area is 223 Å². The van der Waals surface area contributed by atoms with Crippen LogP contribution in [0.4, 0.5) is 0 Å². The number of nitrogens with zero attached hydrogens (tertiary/aromatic N) is 2. The number of halogens is 2. The van der Waals surface area contributed by atoms with Gasteiger partial charge in [0, 0.05) is 6.04 Å². The molecule has 1 aromatic carbocycles. The molecule has 0 unspecified atom stereocenters. The maximum Gasteiger partial charge on any atom is 0.266 e. The lowest BCUT2D eigenvalue weighted by Crippen LogP contribution is -2.41. The first-order valence-electron chi connectivity index (χ1n) is 11.6. The molecule has 0 bridgehead atoms. The second-order valence-corrected chi connectivity index (χ2v) is 12.0. The molecule has 4 rings (SSSR count). The van der Waals surface area contributed by atoms with E-state index in [-0.39, 0.29) is 5.91 Å². The van der Waals surface area contributed by atoms with Crippen LogP contribution in [0.5, 0.6) is 5.75 Å². The lowest BCUT2D eigenvalue weighted by atomic mass is 9.94. The molecule has 1 aromatic rings. The minimum Gasteiger partial charge on any atom is -0.487 e. The molecule has 0 N–H and O–H groups in total. The number of aliphatic imine (C=N–C) groups is 1. The first-order valence-corrected chi connectivity index (χ1v) is 14.6. The van der Waals surface area contributed by atoms with Gasteiger partial charge in [0.2, 0.25) is 0 Å². The number of carbonyl (C=O) groups excluding carboxylic acids is 1. The molecular formula is C25H30I2N2O2S. The van der Waals surface area contributed by atoms with E-state index in [4.69, 9.17) is 9.73 Å². The Hall–Kier alpha value is -0.550. The summed E-state index contributed by atoms with van der Waals surface area (Å²) in [4.78, 5) is 21.5. The second-order valence-electron chi connectivity index (χ2n) is 8.69. The van der Waals surface area contributed by atoms with Gasteiger partial charge in [-0.05, 0) is 106 Å². The van der Waals surface area contributed by atoms with E-state index >= 15 is 0 Å². The molecule has 3 aliphatic rings. The zero-order chi connectivity index (χ0) is 22.5. The smallest absolute Gasteiger partial charge is 0.266 e. The van der Waals surface area contributed by atoms with Crippen molar-refractivity contribution in [2.45, 2.75) is 76.3 Å². The summed E-state index contributed by atoms with van der Waals surface area (Å²) in [5, 5.41) is 0.940. The Morgan fingerprint density at radius 2 is 1.69 bits per heavy atom. The normalized spacial score (nSPS) is 23.3. The van der Waals surface area contributed by atoms with Crippen molar-refractivity contribution < 1.29 is 9.53 Å². The highest BCUT2D eigenvalue weighted by Crippen LogP contribution is 2.39. The number of benzene rings is 1. The van der Waals surface area contributed by atoms with Crippen LogP contribution in [0.1, 0.15) is 69.8 Å². The van der Waals surface area contributed by atoms with Crippen molar-refractivity contribution in [1.82, 2.24) is 4.90 Å². The lowest BCUT2D eigenvalue weighted by Gasteiger charge is -2.31. The SMILES string of the molecule is C=CCOc1c(I)cc(C=C2SC(=NC3CCCCC3)N(C3CCCCC3)C2=O)cc1I. The molecule has 0 aromatic heterocycles. The summed E-state index contributed by atoms with van der Waals surface area (Å²) in [6.07, 6.45) is 15.8. The van der Waals surface area contributed by atoms with Crippen LogP contribution in [0.15, 0.2) is 34.7 Å². The van der Waals surface area contributed by atoms with Crippen molar-refractivity contribution in [2.24, 2.45) is 4.99 Å². The van der Waals surface area contributed by atoms with Gasteiger partial charge in [-0.25, -0.2) is 0 Å². The zero-order valence-corrected chi connectivity index (χ0v) is 23.5. The van der Waals surface area contributed by atoms with E-state index in [0.717, 1.165) is 54.2 Å². The van der Waals surface area contributed by atoms with Crippen molar-refractivity contribution >= 4 is 74.1 Å². The van der Waals surface area contributed by atoms with Crippen LogP contribution in [0.2, 0.25) is 0 Å². The highest BCUT2D eigenvalue weighted by atomic mass is 127. The van der Waals surface area contributed by atoms with Crippen LogP contribution in [-0.4, -0.2) is 34.7 Å². The number of carbonyl (C=O) groups is 1. The van der Waals surface area contributed by atoms with E-state index < -0.39 is 0 Å². The summed E-state index contributed by atoms with van der Waals surface area (Å²) >= 11 is 6.18. The van der Waals surface area contributed by atoms with Gasteiger partial charge in [0.1, 0.15) is 12.4 Å². The van der Waals surface area contributed by atoms with E-state index in [1.165, 1.54) is 38.5 Å². The van der Waals surface area contributed by atoms with Crippen LogP contribution in [0, 0.1) is 7.14 Å². The maximum absolute atomic E-state index is 13.6. The van der Waals surface area contributed by atoms with Gasteiger partial charge >= 0.3 is 0 Å². The third-order valence-electron chi connectivity index (χ3n) is 6.31. The van der Waals surface area contributed by atoms with Crippen molar-refractivity contribution in [3.63, 3.8) is 0 Å². The molecule has 0 radical (unpaired) electrons. The fourth-order valence-electron chi connectivity index (χ4n) is 4.70. The summed E-state index contributed by atoms with van der Waals surface area (Å²) in [6, 6.07) is 4.84. The molecule has 4 nitrogen and oxygen atoms in total. The highest BCUT2D eigenvalue weighted by Gasteiger charge is 2.39. The predicted octanol–water partition coefficient (Wildman–Crippen LogP) is 7.40. The molecule has 2 aliphatic carbocycles. The number of amidine groups is 1. The maximum atomic E-state index is 13.6. The summed E-state index contributed by atoms with van der Waals surface area (Å²) in [5.74, 6) is 1.01. The number of amides is 1. The number of ether oxygens (including phenoxy) is 1. The summed E-state index contributed by atoms with van der Waals surface area (Å²) in [5.41, 5.74) is 1.03. The van der Waals surface area contributed by atoms with Gasteiger partial charge in [-0.2, -0.15) is 0 Å². The quantitative estimate of drug-likeness (QED) is 0.179. The third kappa shape index (κ3) is 5.92. The van der Waals surface area contributed by atoms with Crippen LogP contribution < -0.4 is 4.74 Å². The standard InChI is InChI=1S/C25H30I2N2O2S/c1-2-13-31-23-20(26)14-17(15-21(23)27)16-22-24(30)29(19-11-7-4-8-12-19)25(32-22)28-18-9-5-3-6-10-18/h2,14-16,18-19H,1,3-13H2. The molecule has 1 heterocycles. The van der Waals surface area contributed by atoms with Crippen molar-refractivity contribution in [3.05, 3.63) is 42.4 Å². The third-order valence-corrected chi connectivity index (χ3v) is 8.91. The first kappa shape index (κ1) is 24.6. The molecule has 2 saturated carbocycles. The van der Waals surface area contributed by atoms with Crippen LogP contribution >= 0.6 is 56.9 Å². The summed E-state index contributed by atoms with van der Waals surface area (Å²) in [6.45, 7) is 4.21. The largest absolute Gasteiger partial charge is 0.487 e. The first-order chi connectivity index (χ1) is 15.6. The number of rotatable bonds is 6. The average Bonchev–Trinajstić information content (AvgIpc) is 3.09. The fourth-order valence-corrected chi connectivity index (χ4v) is 7.94. The molecule has 7 heteroatoms. The van der Waals surface area contributed by atoms with E-state index in [1.807, 2.05) is 11.0 Å². The van der Waals surface area contributed by atoms with Gasteiger partial charge in [-0.3, -0.25) is 14.7 Å². The van der Waals surface area contributed by atoms with Gasteiger partial charge in [-0.15, -0.1) is 0 Å². The number of hydrogen-bond donors (Lipinski definition) is 0. The van der Waals surface area contributed by atoms with Crippen LogP contribution in [-0.2, 0) is 4.79 Å². The van der Waals surface area contributed by atoms with E-state index in [0.29, 0.717) is 18.7 Å². The van der Waals surface area contributed by atoms with Crippen LogP contribution in [0.3, 0.4) is 0 Å². The topological polar surface area (TPSA) is 41.9 Å². The average molecular weight is 676 g/mol. The van der Waals surface area contributed by atoms with Crippen molar-refractivity contribution in [3.8, 4) is 5.75 Å². The Balaban J connectivity index is 1.62. The van der Waals surface area contributed by atoms with Gasteiger partial charge in [0.25, 0.3) is 5.91 Å². The molecule has 172 valence electrons. The Morgan fingerprint density at radius 1 is 1.06 bits per heavy atom. The highest BCUT2D eigenvalue weighted by molar-refractivity contribution is 14.1. The molecule has 1 aliphatic heterocycles. The summed E-state index contributed by atoms with van der Waals surface area (Å²) in [7, 11) is 0. The van der Waals surface area contributed by atoms with Crippen molar-refractivity contribution in [2.75, 3.05) is 6.61 Å². The second kappa shape index (κ2) is 11.7. The monoisotopic (exact) mass is 676 g/mol. The molecule has 1 amide bonds. The van der Waals surface area contributed by atoms with Crippen LogP contribution in [0.25, 0.3) is 6.08 Å². The molecule has 0 atom stereocenters. The molecular weight excluding hydrogens is 646 g/mol. The lowest BCUT2D eigenvalue weighted by molar-refractivity contribution is -0.124. The van der Waals surface area contributed by atoms with E-state index in [2.05, 4.69) is 63.9 Å². The zero-order valence-electron chi connectivity index (χ0n) is 18.3. The Morgan fingerprint density at radius 3 is 2.31 bits per heavy atom. The Bertz CT molecular complexity index is 896. The predicted molar refractivity (Wildman–Crippen MR) is 151 cm³/mol. The Kier molecular flexibility index (Phi) is 9.01. The van der Waals surface area contributed by atoms with Crippen molar-refractivity contribution in [1.29, 1.82) is 0 Å². The minimum atomic E-state index is 0.133. The van der Waals surface area contributed by atoms with Gasteiger partial charge in [-0.1, -0.05) is 51.2 Å². The number of thioether (sulfide) groups is 1. The van der Waals surface area contributed by atoms with Gasteiger partial charge in [0.05, 0.1) is 18.1 Å². The van der Waals surface area contributed by atoms with Gasteiger partial charge < -0.3 is 4.74 Å². The molecule has 32 heavy (non-hydrogen) atoms. The summed E-state index contributed by atoms with van der Waals surface area (Å²) < 4.78 is 7.89. The van der Waals surface area contributed by atoms with Gasteiger partial charge in [0.15, 0.2) is 5.17 Å². The number of hydrogen-bond acceptors (Lipinski definition) is 4. The molecule has 3 fully saturated rings. The molecule has 0 spiro atoms. The molecule has 1 saturated heterocycles. The minimum absolute atomic E-state index is 0.133. The van der Waals surface area contributed by atoms with E-state index in [9.17, 15) is 4.79 Å². The fraction of sp³-hybridized carbons (Fsp3) is 0.520. The van der Waals surface area contributed by atoms with E-state index in [1.54, 1.807) is 17.8 Å².